The average Bonchev–Trinajstić information content (AvgIpc) is 3.34. The molecule has 0 aliphatic rings. The number of ether oxygens (including phenoxy) is 1. The molecule has 0 radical (unpaired) electrons. The molecule has 30 heavy (non-hydrogen) atoms. The van der Waals surface area contributed by atoms with Crippen LogP contribution < -0.4 is 5.32 Å². The summed E-state index contributed by atoms with van der Waals surface area (Å²) >= 11 is 3.04. The monoisotopic (exact) mass is 444 g/mol. The number of rotatable bonds is 8. The van der Waals surface area contributed by atoms with Crippen LogP contribution in [0.25, 0.3) is 11.4 Å². The molecule has 158 valence electrons. The predicted molar refractivity (Wildman–Crippen MR) is 120 cm³/mol. The Morgan fingerprint density at radius 1 is 1.23 bits per heavy atom. The largest absolute Gasteiger partial charge is 0.462 e. The zero-order chi connectivity index (χ0) is 21.7. The number of esters is 1. The minimum atomic E-state index is -0.379. The van der Waals surface area contributed by atoms with Gasteiger partial charge in [-0.3, -0.25) is 4.79 Å². The molecule has 0 unspecified atom stereocenters. The lowest BCUT2D eigenvalue weighted by Gasteiger charge is -2.06. The number of hydrogen-bond donors (Lipinski definition) is 1. The molecule has 1 N–H and O–H groups in total. The van der Waals surface area contributed by atoms with Crippen molar-refractivity contribution in [2.75, 3.05) is 17.7 Å². The standard InChI is InChI=1S/C21H24N4O3S2/c1-5-28-20(27)14-6-8-16(9-7-14)22-18(26)12-30-21-24-23-19(25(21)4)15-10-17(13(2)3)29-11-15/h6-11,13H,5,12H2,1-4H3,(H,22,26). The van der Waals surface area contributed by atoms with Crippen LogP contribution in [-0.4, -0.2) is 39.0 Å². The van der Waals surface area contributed by atoms with Crippen LogP contribution in [-0.2, 0) is 16.6 Å². The van der Waals surface area contributed by atoms with Gasteiger partial charge in [-0.05, 0) is 43.2 Å². The first-order valence-corrected chi connectivity index (χ1v) is 11.4. The molecule has 3 aromatic rings. The number of carbonyl (C=O) groups is 2. The third-order valence-electron chi connectivity index (χ3n) is 4.29. The zero-order valence-electron chi connectivity index (χ0n) is 17.3. The number of thiophene rings is 1. The van der Waals surface area contributed by atoms with Crippen LogP contribution in [0, 0.1) is 0 Å². The van der Waals surface area contributed by atoms with E-state index >= 15 is 0 Å². The normalized spacial score (nSPS) is 11.0. The van der Waals surface area contributed by atoms with E-state index in [0.29, 0.717) is 28.9 Å². The second-order valence-electron chi connectivity index (χ2n) is 6.89. The van der Waals surface area contributed by atoms with E-state index in [1.54, 1.807) is 42.5 Å². The number of amides is 1. The summed E-state index contributed by atoms with van der Waals surface area (Å²) < 4.78 is 6.85. The maximum absolute atomic E-state index is 12.3. The number of thioether (sulfide) groups is 1. The van der Waals surface area contributed by atoms with E-state index < -0.39 is 0 Å². The van der Waals surface area contributed by atoms with Crippen molar-refractivity contribution in [2.45, 2.75) is 31.8 Å². The lowest BCUT2D eigenvalue weighted by atomic mass is 10.1. The zero-order valence-corrected chi connectivity index (χ0v) is 19.0. The van der Waals surface area contributed by atoms with Crippen molar-refractivity contribution in [3.8, 4) is 11.4 Å². The highest BCUT2D eigenvalue weighted by Crippen LogP contribution is 2.30. The highest BCUT2D eigenvalue weighted by Gasteiger charge is 2.15. The second kappa shape index (κ2) is 9.90. The van der Waals surface area contributed by atoms with E-state index in [-0.39, 0.29) is 17.6 Å². The summed E-state index contributed by atoms with van der Waals surface area (Å²) in [5.41, 5.74) is 2.10. The van der Waals surface area contributed by atoms with Crippen molar-refractivity contribution >= 4 is 40.7 Å². The molecule has 7 nitrogen and oxygen atoms in total. The number of nitrogens with one attached hydrogen (secondary N) is 1. The summed E-state index contributed by atoms with van der Waals surface area (Å²) in [6.45, 7) is 6.41. The molecule has 0 bridgehead atoms. The number of nitrogens with zero attached hydrogens (tertiary/aromatic N) is 3. The van der Waals surface area contributed by atoms with Gasteiger partial charge in [0.2, 0.25) is 5.91 Å². The molecule has 1 amide bonds. The molecule has 0 fully saturated rings. The van der Waals surface area contributed by atoms with E-state index in [1.807, 2.05) is 11.6 Å². The van der Waals surface area contributed by atoms with Crippen molar-refractivity contribution < 1.29 is 14.3 Å². The highest BCUT2D eigenvalue weighted by molar-refractivity contribution is 7.99. The maximum Gasteiger partial charge on any atom is 0.338 e. The summed E-state index contributed by atoms with van der Waals surface area (Å²) in [6.07, 6.45) is 0. The number of carbonyl (C=O) groups excluding carboxylic acids is 2. The average molecular weight is 445 g/mol. The number of anilines is 1. The maximum atomic E-state index is 12.3. The van der Waals surface area contributed by atoms with Gasteiger partial charge in [0.05, 0.1) is 17.9 Å². The molecule has 2 heterocycles. The molecule has 9 heteroatoms. The van der Waals surface area contributed by atoms with Crippen LogP contribution in [0.2, 0.25) is 0 Å². The summed E-state index contributed by atoms with van der Waals surface area (Å²) in [7, 11) is 1.90. The van der Waals surface area contributed by atoms with Crippen molar-refractivity contribution in [2.24, 2.45) is 7.05 Å². The Bertz CT molecular complexity index is 1030. The Labute approximate surface area is 183 Å². The third-order valence-corrected chi connectivity index (χ3v) is 6.55. The molecular formula is C21H24N4O3S2. The molecule has 0 atom stereocenters. The summed E-state index contributed by atoms with van der Waals surface area (Å²) in [5, 5.41) is 14.1. The molecule has 0 aliphatic carbocycles. The first kappa shape index (κ1) is 22.0. The molecule has 2 aromatic heterocycles. The highest BCUT2D eigenvalue weighted by atomic mass is 32.2. The molecule has 0 saturated heterocycles. The first-order valence-electron chi connectivity index (χ1n) is 9.57. The summed E-state index contributed by atoms with van der Waals surface area (Å²) in [5.74, 6) is 0.921. The number of benzene rings is 1. The van der Waals surface area contributed by atoms with Crippen LogP contribution in [0.5, 0.6) is 0 Å². The Hall–Kier alpha value is -2.65. The van der Waals surface area contributed by atoms with E-state index in [0.717, 1.165) is 11.4 Å². The molecular weight excluding hydrogens is 420 g/mol. The molecule has 3 rings (SSSR count). The Kier molecular flexibility index (Phi) is 7.28. The van der Waals surface area contributed by atoms with Gasteiger partial charge in [0.25, 0.3) is 0 Å². The van der Waals surface area contributed by atoms with Gasteiger partial charge in [-0.15, -0.1) is 21.5 Å². The van der Waals surface area contributed by atoms with Gasteiger partial charge in [-0.1, -0.05) is 25.6 Å². The predicted octanol–water partition coefficient (Wildman–Crippen LogP) is 4.57. The van der Waals surface area contributed by atoms with Gasteiger partial charge in [-0.2, -0.15) is 0 Å². The molecule has 0 aliphatic heterocycles. The van der Waals surface area contributed by atoms with Crippen LogP contribution in [0.4, 0.5) is 5.69 Å². The Morgan fingerprint density at radius 2 is 1.97 bits per heavy atom. The molecule has 1 aromatic carbocycles. The van der Waals surface area contributed by atoms with Crippen LogP contribution in [0.15, 0.2) is 40.9 Å². The Balaban J connectivity index is 1.57. The van der Waals surface area contributed by atoms with Crippen LogP contribution in [0.1, 0.15) is 41.9 Å². The van der Waals surface area contributed by atoms with Gasteiger partial charge in [0, 0.05) is 28.6 Å². The van der Waals surface area contributed by atoms with Crippen molar-refractivity contribution in [1.29, 1.82) is 0 Å². The second-order valence-corrected chi connectivity index (χ2v) is 8.78. The van der Waals surface area contributed by atoms with E-state index in [4.69, 9.17) is 4.74 Å². The fraction of sp³-hybridized carbons (Fsp3) is 0.333. The SMILES string of the molecule is CCOC(=O)c1ccc(NC(=O)CSc2nnc(-c3csc(C(C)C)c3)n2C)cc1. The minimum Gasteiger partial charge on any atom is -0.462 e. The van der Waals surface area contributed by atoms with Crippen molar-refractivity contribution in [1.82, 2.24) is 14.8 Å². The van der Waals surface area contributed by atoms with Crippen LogP contribution >= 0.6 is 23.1 Å². The number of hydrogen-bond acceptors (Lipinski definition) is 7. The molecule has 0 saturated carbocycles. The van der Waals surface area contributed by atoms with Crippen molar-refractivity contribution in [3.05, 3.63) is 46.2 Å². The Morgan fingerprint density at radius 3 is 2.60 bits per heavy atom. The van der Waals surface area contributed by atoms with E-state index in [9.17, 15) is 9.59 Å². The summed E-state index contributed by atoms with van der Waals surface area (Å²) in [4.78, 5) is 25.3. The lowest BCUT2D eigenvalue weighted by Crippen LogP contribution is -2.14. The van der Waals surface area contributed by atoms with Crippen molar-refractivity contribution in [3.63, 3.8) is 0 Å². The van der Waals surface area contributed by atoms with Gasteiger partial charge in [0.15, 0.2) is 11.0 Å². The van der Waals surface area contributed by atoms with Gasteiger partial charge < -0.3 is 14.6 Å². The van der Waals surface area contributed by atoms with Gasteiger partial charge in [-0.25, -0.2) is 4.79 Å². The smallest absolute Gasteiger partial charge is 0.338 e. The fourth-order valence-corrected chi connectivity index (χ4v) is 4.31. The fourth-order valence-electron chi connectivity index (χ4n) is 2.70. The lowest BCUT2D eigenvalue weighted by molar-refractivity contribution is -0.113. The molecule has 0 spiro atoms. The van der Waals surface area contributed by atoms with Gasteiger partial charge >= 0.3 is 5.97 Å². The third kappa shape index (κ3) is 5.28. The number of aromatic nitrogens is 3. The van der Waals surface area contributed by atoms with E-state index in [1.165, 1.54) is 16.6 Å². The quantitative estimate of drug-likeness (QED) is 0.404. The first-order chi connectivity index (χ1) is 14.4. The topological polar surface area (TPSA) is 86.1 Å². The van der Waals surface area contributed by atoms with Crippen LogP contribution in [0.3, 0.4) is 0 Å². The minimum absolute atomic E-state index is 0.161. The van der Waals surface area contributed by atoms with E-state index in [2.05, 4.69) is 40.8 Å². The summed E-state index contributed by atoms with van der Waals surface area (Å²) in [6, 6.07) is 8.75. The van der Waals surface area contributed by atoms with Gasteiger partial charge in [0.1, 0.15) is 0 Å².